The summed E-state index contributed by atoms with van der Waals surface area (Å²) in [5.74, 6) is 2.72. The summed E-state index contributed by atoms with van der Waals surface area (Å²) in [5.41, 5.74) is 0.878. The maximum atomic E-state index is 12.5. The summed E-state index contributed by atoms with van der Waals surface area (Å²) in [5, 5.41) is 10.7. The fourth-order valence-corrected chi connectivity index (χ4v) is 4.13. The van der Waals surface area contributed by atoms with Crippen molar-refractivity contribution in [2.24, 2.45) is 0 Å². The molecule has 154 valence electrons. The van der Waals surface area contributed by atoms with Gasteiger partial charge in [-0.25, -0.2) is 0 Å². The molecule has 0 atom stereocenters. The maximum Gasteiger partial charge on any atom is 0.260 e. The second-order valence-electron chi connectivity index (χ2n) is 6.93. The number of carbonyl (C=O) groups excluding carboxylic acids is 1. The van der Waals surface area contributed by atoms with E-state index in [1.807, 2.05) is 34.5 Å². The number of nitrogens with zero attached hydrogens (tertiary/aromatic N) is 4. The van der Waals surface area contributed by atoms with Gasteiger partial charge in [-0.05, 0) is 35.7 Å². The molecule has 5 rings (SSSR count). The molecule has 1 aromatic carbocycles. The van der Waals surface area contributed by atoms with Crippen molar-refractivity contribution in [1.82, 2.24) is 15.1 Å². The zero-order valence-corrected chi connectivity index (χ0v) is 17.0. The molecular weight excluding hydrogens is 404 g/mol. The third kappa shape index (κ3) is 3.88. The minimum Gasteiger partial charge on any atom is -0.484 e. The molecule has 0 saturated carbocycles. The Morgan fingerprint density at radius 3 is 2.67 bits per heavy atom. The molecule has 4 heterocycles. The summed E-state index contributed by atoms with van der Waals surface area (Å²) in [4.78, 5) is 17.6. The van der Waals surface area contributed by atoms with E-state index in [2.05, 4.69) is 15.1 Å². The molecule has 1 fully saturated rings. The number of piperazine rings is 1. The highest BCUT2D eigenvalue weighted by Crippen LogP contribution is 2.35. The minimum atomic E-state index is -0.0357. The smallest absolute Gasteiger partial charge is 0.260 e. The summed E-state index contributed by atoms with van der Waals surface area (Å²) in [6.45, 7) is 2.87. The lowest BCUT2D eigenvalue weighted by molar-refractivity contribution is -0.133. The number of benzene rings is 1. The highest BCUT2D eigenvalue weighted by molar-refractivity contribution is 7.13. The first-order valence-electron chi connectivity index (χ1n) is 9.69. The van der Waals surface area contributed by atoms with Gasteiger partial charge in [0.05, 0.1) is 4.88 Å². The number of carbonyl (C=O) groups is 1. The quantitative estimate of drug-likeness (QED) is 0.623. The predicted molar refractivity (Wildman–Crippen MR) is 112 cm³/mol. The first-order valence-corrected chi connectivity index (χ1v) is 10.6. The number of fused-ring (bicyclic) bond motifs is 1. The van der Waals surface area contributed by atoms with Crippen LogP contribution < -0.4 is 19.1 Å². The number of hydrogen-bond donors (Lipinski definition) is 0. The van der Waals surface area contributed by atoms with Crippen LogP contribution in [0.1, 0.15) is 0 Å². The minimum absolute atomic E-state index is 0.00500. The summed E-state index contributed by atoms with van der Waals surface area (Å²) >= 11 is 1.64. The Balaban J connectivity index is 1.12. The molecule has 2 aliphatic rings. The maximum absolute atomic E-state index is 12.5. The molecule has 0 bridgehead atoms. The molecule has 0 aliphatic carbocycles. The number of thiophene rings is 1. The van der Waals surface area contributed by atoms with Gasteiger partial charge in [0.2, 0.25) is 6.79 Å². The monoisotopic (exact) mass is 424 g/mol. The van der Waals surface area contributed by atoms with Crippen LogP contribution in [0, 0.1) is 0 Å². The van der Waals surface area contributed by atoms with Crippen LogP contribution in [-0.4, -0.2) is 60.6 Å². The second-order valence-corrected chi connectivity index (χ2v) is 7.87. The molecule has 0 spiro atoms. The fourth-order valence-electron chi connectivity index (χ4n) is 3.44. The van der Waals surface area contributed by atoms with Gasteiger partial charge >= 0.3 is 0 Å². The van der Waals surface area contributed by atoms with E-state index in [0.717, 1.165) is 16.4 Å². The molecule has 0 N–H and O–H groups in total. The zero-order chi connectivity index (χ0) is 20.3. The van der Waals surface area contributed by atoms with Gasteiger partial charge in [-0.2, -0.15) is 0 Å². The van der Waals surface area contributed by atoms with Gasteiger partial charge in [-0.1, -0.05) is 6.07 Å². The van der Waals surface area contributed by atoms with E-state index in [1.165, 1.54) is 0 Å². The number of hydrogen-bond acceptors (Lipinski definition) is 8. The molecule has 30 heavy (non-hydrogen) atoms. The molecule has 9 heteroatoms. The molecule has 0 radical (unpaired) electrons. The Hall–Kier alpha value is -3.33. The van der Waals surface area contributed by atoms with Crippen molar-refractivity contribution in [2.45, 2.75) is 0 Å². The molecule has 1 amide bonds. The van der Waals surface area contributed by atoms with Crippen LogP contribution in [0.5, 0.6) is 17.2 Å². The number of rotatable bonds is 5. The van der Waals surface area contributed by atoms with Crippen LogP contribution in [-0.2, 0) is 4.79 Å². The molecule has 0 unspecified atom stereocenters. The first-order chi connectivity index (χ1) is 14.8. The van der Waals surface area contributed by atoms with Gasteiger partial charge < -0.3 is 24.0 Å². The highest BCUT2D eigenvalue weighted by Gasteiger charge is 2.23. The van der Waals surface area contributed by atoms with Gasteiger partial charge in [0.1, 0.15) is 11.4 Å². The van der Waals surface area contributed by atoms with E-state index in [4.69, 9.17) is 14.2 Å². The average molecular weight is 424 g/mol. The average Bonchev–Trinajstić information content (AvgIpc) is 3.49. The van der Waals surface area contributed by atoms with Gasteiger partial charge in [0.15, 0.2) is 23.9 Å². The first kappa shape index (κ1) is 18.7. The van der Waals surface area contributed by atoms with E-state index >= 15 is 0 Å². The molecule has 2 aromatic heterocycles. The van der Waals surface area contributed by atoms with Crippen molar-refractivity contribution in [3.8, 4) is 27.8 Å². The van der Waals surface area contributed by atoms with Crippen molar-refractivity contribution in [3.05, 3.63) is 47.8 Å². The lowest BCUT2D eigenvalue weighted by Crippen LogP contribution is -2.50. The van der Waals surface area contributed by atoms with E-state index in [0.29, 0.717) is 43.4 Å². The molecule has 8 nitrogen and oxygen atoms in total. The third-order valence-electron chi connectivity index (χ3n) is 5.09. The summed E-state index contributed by atoms with van der Waals surface area (Å²) in [6, 6.07) is 13.3. The van der Waals surface area contributed by atoms with Crippen molar-refractivity contribution in [1.29, 1.82) is 0 Å². The number of ether oxygens (including phenoxy) is 3. The highest BCUT2D eigenvalue weighted by atomic mass is 32.1. The summed E-state index contributed by atoms with van der Waals surface area (Å²) < 4.78 is 16.3. The van der Waals surface area contributed by atoms with Crippen molar-refractivity contribution >= 4 is 23.1 Å². The normalized spacial score (nSPS) is 15.3. The fraction of sp³-hybridized carbons (Fsp3) is 0.286. The molecule has 3 aromatic rings. The Kier molecular flexibility index (Phi) is 5.10. The van der Waals surface area contributed by atoms with Gasteiger partial charge in [-0.3, -0.25) is 4.79 Å². The van der Waals surface area contributed by atoms with E-state index in [-0.39, 0.29) is 19.3 Å². The Morgan fingerprint density at radius 2 is 1.90 bits per heavy atom. The largest absolute Gasteiger partial charge is 0.484 e. The van der Waals surface area contributed by atoms with Crippen molar-refractivity contribution in [2.75, 3.05) is 44.5 Å². The number of amides is 1. The second kappa shape index (κ2) is 8.19. The Bertz CT molecular complexity index is 1020. The van der Waals surface area contributed by atoms with E-state index < -0.39 is 0 Å². The SMILES string of the molecule is O=C(COc1ccc2c(c1)OCO2)N1CCN(c2ccc(-c3cccs3)nn2)CC1. The standard InChI is InChI=1S/C21H20N4O4S/c26-21(13-27-15-3-5-17-18(12-15)29-14-28-17)25-9-7-24(8-10-25)20-6-4-16(22-23-20)19-2-1-11-30-19/h1-6,11-12H,7-10,13-14H2. The topological polar surface area (TPSA) is 77.0 Å². The Labute approximate surface area is 177 Å². The van der Waals surface area contributed by atoms with Crippen LogP contribution in [0.25, 0.3) is 10.6 Å². The Morgan fingerprint density at radius 1 is 1.03 bits per heavy atom. The van der Waals surface area contributed by atoms with Crippen LogP contribution >= 0.6 is 11.3 Å². The number of anilines is 1. The van der Waals surface area contributed by atoms with Crippen LogP contribution in [0.3, 0.4) is 0 Å². The predicted octanol–water partition coefficient (Wildman–Crippen LogP) is 2.66. The molecule has 2 aliphatic heterocycles. The van der Waals surface area contributed by atoms with Crippen molar-refractivity contribution in [3.63, 3.8) is 0 Å². The van der Waals surface area contributed by atoms with E-state index in [1.54, 1.807) is 29.5 Å². The van der Waals surface area contributed by atoms with Gasteiger partial charge in [0.25, 0.3) is 5.91 Å². The lowest BCUT2D eigenvalue weighted by Gasteiger charge is -2.35. The van der Waals surface area contributed by atoms with Crippen LogP contribution in [0.2, 0.25) is 0 Å². The summed E-state index contributed by atoms with van der Waals surface area (Å²) in [6.07, 6.45) is 0. The van der Waals surface area contributed by atoms with Crippen LogP contribution in [0.15, 0.2) is 47.8 Å². The van der Waals surface area contributed by atoms with E-state index in [9.17, 15) is 4.79 Å². The van der Waals surface area contributed by atoms with Gasteiger partial charge in [-0.15, -0.1) is 21.5 Å². The third-order valence-corrected chi connectivity index (χ3v) is 5.98. The van der Waals surface area contributed by atoms with Gasteiger partial charge in [0, 0.05) is 32.2 Å². The van der Waals surface area contributed by atoms with Crippen LogP contribution in [0.4, 0.5) is 5.82 Å². The zero-order valence-electron chi connectivity index (χ0n) is 16.2. The van der Waals surface area contributed by atoms with Crippen molar-refractivity contribution < 1.29 is 19.0 Å². The molecule has 1 saturated heterocycles. The lowest BCUT2D eigenvalue weighted by atomic mass is 10.3. The molecular formula is C21H20N4O4S. The number of aromatic nitrogens is 2. The summed E-state index contributed by atoms with van der Waals surface area (Å²) in [7, 11) is 0.